The van der Waals surface area contributed by atoms with Gasteiger partial charge in [0, 0.05) is 24.5 Å². The number of carboxylic acids is 3. The third kappa shape index (κ3) is 6.13. The monoisotopic (exact) mass is 339 g/mol. The number of nitrogens with zero attached hydrogens (tertiary/aromatic N) is 2. The topological polar surface area (TPSA) is 144 Å². The summed E-state index contributed by atoms with van der Waals surface area (Å²) in [5.74, 6) is -3.35. The van der Waals surface area contributed by atoms with Gasteiger partial charge in [0.05, 0.1) is 13.1 Å². The summed E-state index contributed by atoms with van der Waals surface area (Å²) in [6, 6.07) is 5.71. The van der Waals surface area contributed by atoms with Crippen LogP contribution < -0.4 is 10.6 Å². The highest BCUT2D eigenvalue weighted by molar-refractivity contribution is 5.78. The Kier molecular flexibility index (Phi) is 6.99. The maximum atomic E-state index is 11.3. The van der Waals surface area contributed by atoms with E-state index in [2.05, 4.69) is 0 Å². The Bertz CT molecular complexity index is 573. The highest BCUT2D eigenvalue weighted by atomic mass is 16.4. The van der Waals surface area contributed by atoms with Crippen LogP contribution in [0, 0.1) is 0 Å². The van der Waals surface area contributed by atoms with Crippen molar-refractivity contribution in [2.24, 2.45) is 0 Å². The van der Waals surface area contributed by atoms with E-state index in [0.717, 1.165) is 0 Å². The first-order chi connectivity index (χ1) is 11.2. The predicted octanol–water partition coefficient (Wildman–Crippen LogP) is 0.0195. The van der Waals surface area contributed by atoms with Crippen molar-refractivity contribution in [3.05, 3.63) is 24.3 Å². The summed E-state index contributed by atoms with van der Waals surface area (Å²) in [7, 11) is 0. The highest BCUT2D eigenvalue weighted by Gasteiger charge is 2.22. The highest BCUT2D eigenvalue weighted by Crippen LogP contribution is 2.19. The van der Waals surface area contributed by atoms with Crippen molar-refractivity contribution in [2.45, 2.75) is 13.0 Å². The molecule has 1 aromatic rings. The van der Waals surface area contributed by atoms with Crippen molar-refractivity contribution < 1.29 is 29.7 Å². The van der Waals surface area contributed by atoms with E-state index in [1.165, 1.54) is 11.8 Å². The summed E-state index contributed by atoms with van der Waals surface area (Å²) in [5.41, 5.74) is 6.75. The van der Waals surface area contributed by atoms with E-state index in [9.17, 15) is 19.5 Å². The van der Waals surface area contributed by atoms with Crippen LogP contribution in [-0.2, 0) is 14.4 Å². The van der Waals surface area contributed by atoms with E-state index in [-0.39, 0.29) is 13.1 Å². The standard InChI is InChI=1S/C15H21N3O6/c1-10(15(23)24)18(12-4-2-11(16)3-5-12)7-6-17(8-13(19)20)9-14(21)22/h2-5,10H,6-9,16H2,1H3,(H,19,20)(H,21,22)(H,23,24)/t10-/m0/s1. The van der Waals surface area contributed by atoms with Crippen molar-refractivity contribution in [3.63, 3.8) is 0 Å². The van der Waals surface area contributed by atoms with Gasteiger partial charge in [0.2, 0.25) is 0 Å². The molecule has 1 aromatic carbocycles. The fourth-order valence-electron chi connectivity index (χ4n) is 2.19. The second-order valence-electron chi connectivity index (χ2n) is 5.30. The quantitative estimate of drug-likeness (QED) is 0.433. The maximum absolute atomic E-state index is 11.3. The van der Waals surface area contributed by atoms with Crippen molar-refractivity contribution >= 4 is 29.3 Å². The van der Waals surface area contributed by atoms with E-state index in [1.807, 2.05) is 0 Å². The summed E-state index contributed by atoms with van der Waals surface area (Å²) < 4.78 is 0. The Hall–Kier alpha value is -2.81. The fraction of sp³-hybridized carbons (Fsp3) is 0.400. The van der Waals surface area contributed by atoms with Gasteiger partial charge >= 0.3 is 17.9 Å². The SMILES string of the molecule is C[C@@H](C(=O)O)N(CCN(CC(=O)O)CC(=O)O)c1ccc(N)cc1. The molecule has 0 aliphatic carbocycles. The lowest BCUT2D eigenvalue weighted by molar-refractivity contribution is -0.142. The molecule has 0 heterocycles. The molecule has 0 spiro atoms. The molecular weight excluding hydrogens is 318 g/mol. The van der Waals surface area contributed by atoms with Gasteiger partial charge in [-0.15, -0.1) is 0 Å². The number of benzene rings is 1. The molecule has 0 bridgehead atoms. The zero-order valence-corrected chi connectivity index (χ0v) is 13.3. The number of nitrogens with two attached hydrogens (primary N) is 1. The van der Waals surface area contributed by atoms with Crippen LogP contribution in [0.2, 0.25) is 0 Å². The van der Waals surface area contributed by atoms with Gasteiger partial charge < -0.3 is 26.0 Å². The van der Waals surface area contributed by atoms with E-state index in [1.54, 1.807) is 29.2 Å². The zero-order valence-electron chi connectivity index (χ0n) is 13.3. The van der Waals surface area contributed by atoms with Crippen LogP contribution in [0.5, 0.6) is 0 Å². The number of hydrogen-bond acceptors (Lipinski definition) is 6. The number of carboxylic acid groups (broad SMARTS) is 3. The molecule has 0 saturated carbocycles. The molecule has 1 atom stereocenters. The molecule has 132 valence electrons. The number of hydrogen-bond donors (Lipinski definition) is 4. The average molecular weight is 339 g/mol. The molecule has 0 unspecified atom stereocenters. The lowest BCUT2D eigenvalue weighted by Crippen LogP contribution is -2.45. The largest absolute Gasteiger partial charge is 0.480 e. The molecular formula is C15H21N3O6. The lowest BCUT2D eigenvalue weighted by atomic mass is 10.2. The van der Waals surface area contributed by atoms with Crippen LogP contribution in [0.3, 0.4) is 0 Å². The molecule has 0 aromatic heterocycles. The summed E-state index contributed by atoms with van der Waals surface area (Å²) in [6.45, 7) is 0.850. The first kappa shape index (κ1) is 19.2. The normalized spacial score (nSPS) is 11.9. The Morgan fingerprint density at radius 3 is 1.92 bits per heavy atom. The number of anilines is 2. The van der Waals surface area contributed by atoms with Crippen molar-refractivity contribution in [1.29, 1.82) is 0 Å². The minimum absolute atomic E-state index is 0.0839. The van der Waals surface area contributed by atoms with Crippen LogP contribution in [0.4, 0.5) is 11.4 Å². The smallest absolute Gasteiger partial charge is 0.326 e. The summed E-state index contributed by atoms with van der Waals surface area (Å²) in [5, 5.41) is 27.0. The fourth-order valence-corrected chi connectivity index (χ4v) is 2.19. The zero-order chi connectivity index (χ0) is 18.3. The average Bonchev–Trinajstić information content (AvgIpc) is 2.47. The molecule has 9 nitrogen and oxygen atoms in total. The van der Waals surface area contributed by atoms with Crippen LogP contribution in [0.1, 0.15) is 6.92 Å². The molecule has 5 N–H and O–H groups in total. The van der Waals surface area contributed by atoms with Crippen LogP contribution in [-0.4, -0.2) is 70.3 Å². The second-order valence-corrected chi connectivity index (χ2v) is 5.30. The van der Waals surface area contributed by atoms with Gasteiger partial charge in [0.1, 0.15) is 6.04 Å². The second kappa shape index (κ2) is 8.73. The van der Waals surface area contributed by atoms with E-state index < -0.39 is 37.0 Å². The first-order valence-electron chi connectivity index (χ1n) is 7.21. The molecule has 0 aliphatic heterocycles. The van der Waals surface area contributed by atoms with E-state index in [4.69, 9.17) is 15.9 Å². The number of aliphatic carboxylic acids is 3. The van der Waals surface area contributed by atoms with Gasteiger partial charge in [-0.2, -0.15) is 0 Å². The molecule has 24 heavy (non-hydrogen) atoms. The number of nitrogen functional groups attached to an aromatic ring is 1. The molecule has 0 radical (unpaired) electrons. The van der Waals surface area contributed by atoms with Gasteiger partial charge in [-0.3, -0.25) is 14.5 Å². The Labute approximate surface area is 138 Å². The van der Waals surface area contributed by atoms with Crippen molar-refractivity contribution in [3.8, 4) is 0 Å². The van der Waals surface area contributed by atoms with Crippen LogP contribution in [0.15, 0.2) is 24.3 Å². The van der Waals surface area contributed by atoms with E-state index >= 15 is 0 Å². The van der Waals surface area contributed by atoms with Crippen molar-refractivity contribution in [1.82, 2.24) is 4.90 Å². The Morgan fingerprint density at radius 1 is 1.00 bits per heavy atom. The third-order valence-corrected chi connectivity index (χ3v) is 3.42. The molecule has 0 saturated heterocycles. The molecule has 0 fully saturated rings. The van der Waals surface area contributed by atoms with Gasteiger partial charge in [-0.1, -0.05) is 0 Å². The predicted molar refractivity (Wildman–Crippen MR) is 87.0 cm³/mol. The van der Waals surface area contributed by atoms with Gasteiger partial charge in [0.15, 0.2) is 0 Å². The summed E-state index contributed by atoms with van der Waals surface area (Å²) in [4.78, 5) is 35.8. The molecule has 0 aliphatic rings. The molecule has 1 rings (SSSR count). The third-order valence-electron chi connectivity index (χ3n) is 3.42. The van der Waals surface area contributed by atoms with Gasteiger partial charge in [-0.25, -0.2) is 4.79 Å². The minimum Gasteiger partial charge on any atom is -0.480 e. The minimum atomic E-state index is -1.15. The Balaban J connectivity index is 2.90. The Morgan fingerprint density at radius 2 is 1.50 bits per heavy atom. The molecule has 0 amide bonds. The van der Waals surface area contributed by atoms with Crippen LogP contribution in [0.25, 0.3) is 0 Å². The van der Waals surface area contributed by atoms with Gasteiger partial charge in [-0.05, 0) is 31.2 Å². The summed E-state index contributed by atoms with van der Waals surface area (Å²) >= 11 is 0. The number of rotatable bonds is 10. The van der Waals surface area contributed by atoms with Gasteiger partial charge in [0.25, 0.3) is 0 Å². The summed E-state index contributed by atoms with van der Waals surface area (Å²) in [6.07, 6.45) is 0. The van der Waals surface area contributed by atoms with Crippen LogP contribution >= 0.6 is 0 Å². The number of carbonyl (C=O) groups is 3. The lowest BCUT2D eigenvalue weighted by Gasteiger charge is -2.31. The van der Waals surface area contributed by atoms with Crippen molar-refractivity contribution in [2.75, 3.05) is 36.8 Å². The maximum Gasteiger partial charge on any atom is 0.326 e. The van der Waals surface area contributed by atoms with E-state index in [0.29, 0.717) is 11.4 Å². The first-order valence-corrected chi connectivity index (χ1v) is 7.21. The molecule has 9 heteroatoms.